The van der Waals surface area contributed by atoms with Gasteiger partial charge in [-0.3, -0.25) is 4.79 Å². The van der Waals surface area contributed by atoms with Gasteiger partial charge in [0.1, 0.15) is 18.3 Å². The number of hydrogen-bond acceptors (Lipinski definition) is 8. The SMILES string of the molecule is CC(=O)O[C@@H]1C[C@H]2C(C)(C)[C@H](OC(=O)/C=C/c3ccccc3)CC[C@]2(C)[C@H]2CC[C@]34C[C@]3(CC[C@H]4[C@H]3CC(C(O)C(C)(C)O)OC3O)[C@@]21C. The molecular weight excluding hydrogens is 620 g/mol. The molecule has 8 nitrogen and oxygen atoms in total. The molecule has 6 fully saturated rings. The van der Waals surface area contributed by atoms with Gasteiger partial charge in [-0.25, -0.2) is 4.79 Å². The zero-order chi connectivity index (χ0) is 35.4. The summed E-state index contributed by atoms with van der Waals surface area (Å²) in [7, 11) is 0. The smallest absolute Gasteiger partial charge is 0.331 e. The highest BCUT2D eigenvalue weighted by molar-refractivity contribution is 5.87. The molecule has 0 amide bonds. The molecule has 0 aromatic heterocycles. The molecule has 49 heavy (non-hydrogen) atoms. The van der Waals surface area contributed by atoms with E-state index in [1.807, 2.05) is 30.3 Å². The van der Waals surface area contributed by atoms with Crippen molar-refractivity contribution in [3.63, 3.8) is 0 Å². The largest absolute Gasteiger partial charge is 0.462 e. The van der Waals surface area contributed by atoms with Gasteiger partial charge in [-0.05, 0) is 117 Å². The second-order valence-corrected chi connectivity index (χ2v) is 18.4. The molecule has 7 rings (SSSR count). The van der Waals surface area contributed by atoms with Crippen LogP contribution in [0, 0.1) is 50.7 Å². The van der Waals surface area contributed by atoms with E-state index in [0.717, 1.165) is 56.9 Å². The van der Waals surface area contributed by atoms with Crippen molar-refractivity contribution in [2.75, 3.05) is 0 Å². The lowest BCUT2D eigenvalue weighted by Gasteiger charge is -2.68. The van der Waals surface area contributed by atoms with Crippen molar-refractivity contribution in [1.82, 2.24) is 0 Å². The highest BCUT2D eigenvalue weighted by Crippen LogP contribution is 2.91. The van der Waals surface area contributed by atoms with Gasteiger partial charge in [0.2, 0.25) is 0 Å². The van der Waals surface area contributed by atoms with Gasteiger partial charge in [0.05, 0.1) is 11.7 Å². The van der Waals surface area contributed by atoms with Crippen LogP contribution in [0.4, 0.5) is 0 Å². The van der Waals surface area contributed by atoms with Gasteiger partial charge >= 0.3 is 11.9 Å². The first-order chi connectivity index (χ1) is 22.9. The highest BCUT2D eigenvalue weighted by Gasteiger charge is 2.86. The van der Waals surface area contributed by atoms with Crippen LogP contribution in [0.3, 0.4) is 0 Å². The van der Waals surface area contributed by atoms with E-state index in [9.17, 15) is 24.9 Å². The molecule has 270 valence electrons. The molecule has 3 unspecified atom stereocenters. The number of carbonyl (C=O) groups is 2. The van der Waals surface area contributed by atoms with Crippen LogP contribution in [0.1, 0.15) is 112 Å². The molecule has 13 atom stereocenters. The number of fused-ring (bicyclic) bond motifs is 3. The van der Waals surface area contributed by atoms with Gasteiger partial charge in [0, 0.05) is 29.7 Å². The fourth-order valence-corrected chi connectivity index (χ4v) is 13.5. The third-order valence-electron chi connectivity index (χ3n) is 15.6. The van der Waals surface area contributed by atoms with Gasteiger partial charge in [-0.2, -0.15) is 0 Å². The fourth-order valence-electron chi connectivity index (χ4n) is 13.5. The molecule has 3 N–H and O–H groups in total. The maximum Gasteiger partial charge on any atom is 0.331 e. The molecule has 0 spiro atoms. The molecule has 1 saturated heterocycles. The van der Waals surface area contributed by atoms with Crippen LogP contribution in [0.2, 0.25) is 0 Å². The van der Waals surface area contributed by atoms with Crippen LogP contribution >= 0.6 is 0 Å². The van der Waals surface area contributed by atoms with Crippen molar-refractivity contribution in [2.45, 2.75) is 143 Å². The Bertz CT molecular complexity index is 1480. The Labute approximate surface area is 292 Å². The summed E-state index contributed by atoms with van der Waals surface area (Å²) in [5.41, 5.74) is -0.895. The van der Waals surface area contributed by atoms with E-state index < -0.39 is 24.1 Å². The lowest BCUT2D eigenvalue weighted by Crippen LogP contribution is -2.67. The Morgan fingerprint density at radius 1 is 0.959 bits per heavy atom. The topological polar surface area (TPSA) is 123 Å². The minimum atomic E-state index is -1.32. The summed E-state index contributed by atoms with van der Waals surface area (Å²) in [6.45, 7) is 14.1. The molecule has 5 saturated carbocycles. The zero-order valence-corrected chi connectivity index (χ0v) is 30.5. The van der Waals surface area contributed by atoms with E-state index in [-0.39, 0.29) is 69.0 Å². The number of hydrogen-bond donors (Lipinski definition) is 3. The summed E-state index contributed by atoms with van der Waals surface area (Å²) >= 11 is 0. The van der Waals surface area contributed by atoms with Crippen LogP contribution in [-0.4, -0.2) is 63.6 Å². The van der Waals surface area contributed by atoms with Crippen LogP contribution in [0.15, 0.2) is 36.4 Å². The number of benzene rings is 1. The van der Waals surface area contributed by atoms with Crippen LogP contribution in [-0.2, 0) is 23.8 Å². The average molecular weight is 679 g/mol. The van der Waals surface area contributed by atoms with E-state index in [1.54, 1.807) is 19.9 Å². The minimum Gasteiger partial charge on any atom is -0.462 e. The van der Waals surface area contributed by atoms with E-state index in [4.69, 9.17) is 14.2 Å². The van der Waals surface area contributed by atoms with E-state index in [1.165, 1.54) is 13.0 Å². The van der Waals surface area contributed by atoms with Gasteiger partial charge in [0.25, 0.3) is 0 Å². The number of esters is 2. The molecule has 8 heteroatoms. The van der Waals surface area contributed by atoms with Gasteiger partial charge in [-0.1, -0.05) is 58.0 Å². The average Bonchev–Trinajstić information content (AvgIpc) is 3.40. The Hall–Kier alpha value is -2.26. The first-order valence-electron chi connectivity index (χ1n) is 18.8. The lowest BCUT2D eigenvalue weighted by molar-refractivity contribution is -0.251. The second kappa shape index (κ2) is 11.6. The molecule has 0 radical (unpaired) electrons. The third-order valence-corrected chi connectivity index (χ3v) is 15.6. The van der Waals surface area contributed by atoms with Gasteiger partial charge in [-0.15, -0.1) is 0 Å². The Morgan fingerprint density at radius 2 is 1.67 bits per heavy atom. The molecule has 1 aromatic carbocycles. The molecule has 6 aliphatic rings. The summed E-state index contributed by atoms with van der Waals surface area (Å²) in [5.74, 6) is 0.0994. The summed E-state index contributed by atoms with van der Waals surface area (Å²) in [6, 6.07) is 9.76. The number of aliphatic hydroxyl groups excluding tert-OH is 2. The minimum absolute atomic E-state index is 0.00401. The summed E-state index contributed by atoms with van der Waals surface area (Å²) in [5, 5.41) is 32.6. The van der Waals surface area contributed by atoms with Crippen molar-refractivity contribution < 1.29 is 39.1 Å². The number of carbonyl (C=O) groups excluding carboxylic acids is 2. The predicted octanol–water partition coefficient (Wildman–Crippen LogP) is 6.45. The molecule has 5 aliphatic carbocycles. The number of ether oxygens (including phenoxy) is 3. The quantitative estimate of drug-likeness (QED) is 0.222. The first-order valence-corrected chi connectivity index (χ1v) is 18.8. The maximum atomic E-state index is 13.1. The Morgan fingerprint density at radius 3 is 2.35 bits per heavy atom. The third kappa shape index (κ3) is 5.12. The molecule has 1 heterocycles. The summed E-state index contributed by atoms with van der Waals surface area (Å²) < 4.78 is 18.6. The summed E-state index contributed by atoms with van der Waals surface area (Å²) in [6.07, 6.45) is 8.36. The fraction of sp³-hybridized carbons (Fsp3) is 0.756. The normalized spacial score (nSPS) is 45.8. The number of aliphatic hydroxyl groups is 3. The van der Waals surface area contributed by atoms with Crippen molar-refractivity contribution in [2.24, 2.45) is 50.7 Å². The predicted molar refractivity (Wildman–Crippen MR) is 184 cm³/mol. The van der Waals surface area contributed by atoms with Crippen molar-refractivity contribution in [3.05, 3.63) is 42.0 Å². The molecule has 1 aliphatic heterocycles. The van der Waals surface area contributed by atoms with E-state index >= 15 is 0 Å². The van der Waals surface area contributed by atoms with Crippen molar-refractivity contribution in [1.29, 1.82) is 0 Å². The Balaban J connectivity index is 1.15. The monoisotopic (exact) mass is 678 g/mol. The molecular formula is C41H58O8. The van der Waals surface area contributed by atoms with Crippen molar-refractivity contribution in [3.8, 4) is 0 Å². The second-order valence-electron chi connectivity index (χ2n) is 18.4. The zero-order valence-electron chi connectivity index (χ0n) is 30.5. The van der Waals surface area contributed by atoms with Gasteiger partial charge < -0.3 is 29.5 Å². The highest BCUT2D eigenvalue weighted by atomic mass is 16.6. The van der Waals surface area contributed by atoms with Crippen molar-refractivity contribution >= 4 is 18.0 Å². The number of rotatable bonds is 7. The van der Waals surface area contributed by atoms with Gasteiger partial charge in [0.15, 0.2) is 6.29 Å². The summed E-state index contributed by atoms with van der Waals surface area (Å²) in [4.78, 5) is 26.0. The van der Waals surface area contributed by atoms with E-state index in [2.05, 4.69) is 27.7 Å². The van der Waals surface area contributed by atoms with Crippen LogP contribution in [0.5, 0.6) is 0 Å². The Kier molecular flexibility index (Phi) is 8.34. The standard InChI is InChI=1S/C41H58O8/c1-24(42)47-32-22-30-36(2,3)31(49-33(43)14-13-25-11-9-8-10-12-25)17-18-38(30,6)29-16-19-40-23-41(40,39(29,32)7)20-15-27(40)26-21-28(48-35(26)45)34(44)37(4,5)46/h8-14,26-32,34-35,44-46H,15-23H2,1-7H3/b14-13+/t26-,27+,28?,29-,30+,31-,32-,34?,35?,38-,39+,40-,41-/m1/s1. The first kappa shape index (κ1) is 35.2. The molecule has 1 aromatic rings. The van der Waals surface area contributed by atoms with E-state index in [0.29, 0.717) is 12.3 Å². The molecule has 0 bridgehead atoms. The lowest BCUT2D eigenvalue weighted by atomic mass is 9.37. The van der Waals surface area contributed by atoms with Crippen LogP contribution < -0.4 is 0 Å². The van der Waals surface area contributed by atoms with Crippen LogP contribution in [0.25, 0.3) is 6.08 Å². The maximum absolute atomic E-state index is 13.1.